The van der Waals surface area contributed by atoms with Crippen LogP contribution in [0, 0.1) is 5.82 Å². The molecule has 0 saturated heterocycles. The molecule has 1 aromatic heterocycles. The zero-order chi connectivity index (χ0) is 21.9. The van der Waals surface area contributed by atoms with Gasteiger partial charge in [0.1, 0.15) is 18.3 Å². The Balaban J connectivity index is 1.65. The standard InChI is InChI=1S/C17H13F4N5O3S/c18-14-7-12(4-5-15(14)26-10-22-9-23-26)25-16(27)8-24-30(28,29)13-3-1-2-11(6-13)17(19,20)21/h1-7,9-10,24H,8H2,(H,25,27). The molecule has 0 unspecified atom stereocenters. The Morgan fingerprint density at radius 3 is 2.53 bits per heavy atom. The quantitative estimate of drug-likeness (QED) is 0.569. The third-order valence-corrected chi connectivity index (χ3v) is 5.19. The summed E-state index contributed by atoms with van der Waals surface area (Å²) in [5.74, 6) is -1.57. The number of halogens is 4. The molecule has 0 saturated carbocycles. The van der Waals surface area contributed by atoms with E-state index in [9.17, 15) is 30.8 Å². The molecule has 1 heterocycles. The predicted octanol–water partition coefficient (Wildman–Crippen LogP) is 2.34. The second kappa shape index (κ2) is 8.20. The minimum atomic E-state index is -4.72. The van der Waals surface area contributed by atoms with Crippen molar-refractivity contribution < 1.29 is 30.8 Å². The molecule has 8 nitrogen and oxygen atoms in total. The second-order valence-corrected chi connectivity index (χ2v) is 7.67. The number of hydrogen-bond acceptors (Lipinski definition) is 5. The number of aromatic nitrogens is 3. The summed E-state index contributed by atoms with van der Waals surface area (Å²) in [5, 5.41) is 6.06. The Bertz CT molecular complexity index is 1160. The predicted molar refractivity (Wildman–Crippen MR) is 96.6 cm³/mol. The Morgan fingerprint density at radius 2 is 1.90 bits per heavy atom. The van der Waals surface area contributed by atoms with Crippen LogP contribution in [0.15, 0.2) is 60.0 Å². The number of sulfonamides is 1. The molecule has 2 aromatic carbocycles. The van der Waals surface area contributed by atoms with Gasteiger partial charge in [0.25, 0.3) is 0 Å². The van der Waals surface area contributed by atoms with E-state index in [0.29, 0.717) is 6.07 Å². The lowest BCUT2D eigenvalue weighted by molar-refractivity contribution is -0.137. The lowest BCUT2D eigenvalue weighted by atomic mass is 10.2. The fourth-order valence-electron chi connectivity index (χ4n) is 2.39. The summed E-state index contributed by atoms with van der Waals surface area (Å²) in [5.41, 5.74) is -1.02. The zero-order valence-corrected chi connectivity index (χ0v) is 15.7. The average Bonchev–Trinajstić information content (AvgIpc) is 3.20. The van der Waals surface area contributed by atoms with Gasteiger partial charge in [0.15, 0.2) is 5.82 Å². The van der Waals surface area contributed by atoms with Crippen LogP contribution in [-0.2, 0) is 21.0 Å². The molecule has 0 aliphatic carbocycles. The smallest absolute Gasteiger partial charge is 0.325 e. The number of alkyl halides is 3. The molecule has 0 bridgehead atoms. The number of carbonyl (C=O) groups is 1. The van der Waals surface area contributed by atoms with Gasteiger partial charge in [-0.1, -0.05) is 6.07 Å². The summed E-state index contributed by atoms with van der Waals surface area (Å²) in [6.45, 7) is -0.773. The number of nitrogens with one attached hydrogen (secondary N) is 2. The summed E-state index contributed by atoms with van der Waals surface area (Å²) in [4.78, 5) is 15.0. The molecular weight excluding hydrogens is 430 g/mol. The largest absolute Gasteiger partial charge is 0.416 e. The molecule has 3 rings (SSSR count). The monoisotopic (exact) mass is 443 g/mol. The van der Waals surface area contributed by atoms with Crippen LogP contribution in [0.5, 0.6) is 0 Å². The van der Waals surface area contributed by atoms with Crippen molar-refractivity contribution >= 4 is 21.6 Å². The lowest BCUT2D eigenvalue weighted by Crippen LogP contribution is -2.33. The lowest BCUT2D eigenvalue weighted by Gasteiger charge is -2.11. The van der Waals surface area contributed by atoms with Crippen molar-refractivity contribution in [3.63, 3.8) is 0 Å². The zero-order valence-electron chi connectivity index (χ0n) is 14.9. The molecule has 0 aliphatic heterocycles. The van der Waals surface area contributed by atoms with Gasteiger partial charge in [0.2, 0.25) is 15.9 Å². The molecule has 1 amide bonds. The minimum absolute atomic E-state index is 0.0413. The molecular formula is C17H13F4N5O3S. The van der Waals surface area contributed by atoms with Gasteiger partial charge in [-0.2, -0.15) is 18.3 Å². The van der Waals surface area contributed by atoms with Gasteiger partial charge in [-0.05, 0) is 36.4 Å². The molecule has 3 aromatic rings. The van der Waals surface area contributed by atoms with Crippen LogP contribution in [0.4, 0.5) is 23.2 Å². The van der Waals surface area contributed by atoms with Crippen molar-refractivity contribution in [2.45, 2.75) is 11.1 Å². The third-order valence-electron chi connectivity index (χ3n) is 3.79. The minimum Gasteiger partial charge on any atom is -0.325 e. The van der Waals surface area contributed by atoms with E-state index in [1.165, 1.54) is 29.5 Å². The van der Waals surface area contributed by atoms with Gasteiger partial charge >= 0.3 is 6.18 Å². The molecule has 0 aliphatic rings. The molecule has 0 fully saturated rings. The third kappa shape index (κ3) is 4.99. The number of rotatable bonds is 6. The molecule has 2 N–H and O–H groups in total. The van der Waals surface area contributed by atoms with Crippen LogP contribution in [-0.4, -0.2) is 35.6 Å². The fourth-order valence-corrected chi connectivity index (χ4v) is 3.42. The Hall–Kier alpha value is -3.32. The topological polar surface area (TPSA) is 106 Å². The first-order valence-electron chi connectivity index (χ1n) is 8.17. The highest BCUT2D eigenvalue weighted by atomic mass is 32.2. The average molecular weight is 443 g/mol. The van der Waals surface area contributed by atoms with Crippen LogP contribution in [0.1, 0.15) is 5.56 Å². The van der Waals surface area contributed by atoms with E-state index in [2.05, 4.69) is 15.4 Å². The second-order valence-electron chi connectivity index (χ2n) is 5.90. The van der Waals surface area contributed by atoms with Crippen LogP contribution >= 0.6 is 0 Å². The molecule has 0 spiro atoms. The van der Waals surface area contributed by atoms with Gasteiger partial charge in [-0.15, -0.1) is 0 Å². The van der Waals surface area contributed by atoms with E-state index < -0.39 is 44.9 Å². The molecule has 13 heteroatoms. The number of anilines is 1. The van der Waals surface area contributed by atoms with Crippen molar-refractivity contribution in [3.8, 4) is 5.69 Å². The van der Waals surface area contributed by atoms with Crippen molar-refractivity contribution in [2.24, 2.45) is 0 Å². The summed E-state index contributed by atoms with van der Waals surface area (Å²) in [6.07, 6.45) is -2.23. The number of carbonyl (C=O) groups excluding carboxylic acids is 1. The number of nitrogens with zero attached hydrogens (tertiary/aromatic N) is 3. The van der Waals surface area contributed by atoms with Crippen LogP contribution in [0.3, 0.4) is 0 Å². The highest BCUT2D eigenvalue weighted by Crippen LogP contribution is 2.30. The first-order chi connectivity index (χ1) is 14.1. The first kappa shape index (κ1) is 21.4. The van der Waals surface area contributed by atoms with Gasteiger partial charge in [-0.3, -0.25) is 4.79 Å². The maximum absolute atomic E-state index is 14.2. The molecule has 30 heavy (non-hydrogen) atoms. The molecule has 0 atom stereocenters. The fraction of sp³-hybridized carbons (Fsp3) is 0.118. The summed E-state index contributed by atoms with van der Waals surface area (Å²) < 4.78 is 79.8. The van der Waals surface area contributed by atoms with E-state index in [0.717, 1.165) is 24.3 Å². The van der Waals surface area contributed by atoms with Crippen molar-refractivity contribution in [3.05, 3.63) is 66.5 Å². The maximum atomic E-state index is 14.2. The Kier molecular flexibility index (Phi) is 5.85. The van der Waals surface area contributed by atoms with E-state index in [4.69, 9.17) is 0 Å². The normalized spacial score (nSPS) is 12.0. The van der Waals surface area contributed by atoms with Crippen LogP contribution in [0.2, 0.25) is 0 Å². The number of hydrogen-bond donors (Lipinski definition) is 2. The van der Waals surface area contributed by atoms with E-state index in [1.807, 2.05) is 4.72 Å². The van der Waals surface area contributed by atoms with Gasteiger partial charge in [-0.25, -0.2) is 27.2 Å². The van der Waals surface area contributed by atoms with E-state index in [1.54, 1.807) is 0 Å². The maximum Gasteiger partial charge on any atom is 0.416 e. The van der Waals surface area contributed by atoms with E-state index in [-0.39, 0.29) is 11.4 Å². The van der Waals surface area contributed by atoms with Crippen molar-refractivity contribution in [1.82, 2.24) is 19.5 Å². The van der Waals surface area contributed by atoms with Gasteiger partial charge in [0.05, 0.1) is 17.0 Å². The van der Waals surface area contributed by atoms with Crippen LogP contribution in [0.25, 0.3) is 5.69 Å². The SMILES string of the molecule is O=C(CNS(=O)(=O)c1cccc(C(F)(F)F)c1)Nc1ccc(-n2cncn2)c(F)c1. The summed E-state index contributed by atoms with van der Waals surface area (Å²) in [7, 11) is -4.38. The van der Waals surface area contributed by atoms with Gasteiger partial charge in [0, 0.05) is 5.69 Å². The highest BCUT2D eigenvalue weighted by Gasteiger charge is 2.31. The summed E-state index contributed by atoms with van der Waals surface area (Å²) in [6, 6.07) is 6.77. The summed E-state index contributed by atoms with van der Waals surface area (Å²) >= 11 is 0. The van der Waals surface area contributed by atoms with Crippen molar-refractivity contribution in [2.75, 3.05) is 11.9 Å². The van der Waals surface area contributed by atoms with Crippen molar-refractivity contribution in [1.29, 1.82) is 0 Å². The molecule has 0 radical (unpaired) electrons. The van der Waals surface area contributed by atoms with Crippen LogP contribution < -0.4 is 10.0 Å². The number of benzene rings is 2. The number of amides is 1. The first-order valence-corrected chi connectivity index (χ1v) is 9.66. The Labute approximate surface area is 167 Å². The van der Waals surface area contributed by atoms with Gasteiger partial charge < -0.3 is 5.32 Å². The Morgan fingerprint density at radius 1 is 1.13 bits per heavy atom. The van der Waals surface area contributed by atoms with E-state index >= 15 is 0 Å². The highest BCUT2D eigenvalue weighted by molar-refractivity contribution is 7.89. The molecule has 158 valence electrons.